The number of carbonyl (C=O) groups excluding carboxylic acids is 1. The van der Waals surface area contributed by atoms with Gasteiger partial charge in [-0.1, -0.05) is 45.0 Å². The predicted octanol–water partition coefficient (Wildman–Crippen LogP) is 2.41. The molecule has 1 aromatic carbocycles. The Morgan fingerprint density at radius 3 is 2.38 bits per heavy atom. The van der Waals surface area contributed by atoms with E-state index in [1.807, 2.05) is 52.0 Å². The molecule has 1 fully saturated rings. The van der Waals surface area contributed by atoms with Crippen molar-refractivity contribution in [3.05, 3.63) is 35.4 Å². The molecule has 0 N–H and O–H groups in total. The van der Waals surface area contributed by atoms with Crippen LogP contribution < -0.4 is 0 Å². The van der Waals surface area contributed by atoms with Crippen LogP contribution in [0.3, 0.4) is 0 Å². The Morgan fingerprint density at radius 2 is 1.75 bits per heavy atom. The third kappa shape index (κ3) is 4.57. The molecule has 0 unspecified atom stereocenters. The standard InChI is InChI=1S/C18H28N2O3S/c1-15-8-5-6-9-16(15)14-24(22,23)20-11-7-10-19(12-13-20)17(21)18(2,3)4/h5-6,8-9H,7,10-14H2,1-4H3. The first-order valence-electron chi connectivity index (χ1n) is 8.43. The van der Waals surface area contributed by atoms with Gasteiger partial charge < -0.3 is 4.90 Å². The number of nitrogens with zero attached hydrogens (tertiary/aromatic N) is 2. The van der Waals surface area contributed by atoms with Crippen LogP contribution in [0.4, 0.5) is 0 Å². The van der Waals surface area contributed by atoms with Gasteiger partial charge in [-0.3, -0.25) is 4.79 Å². The Balaban J connectivity index is 2.07. The molecule has 5 nitrogen and oxygen atoms in total. The fourth-order valence-electron chi connectivity index (χ4n) is 2.91. The molecule has 0 atom stereocenters. The molecule has 6 heteroatoms. The highest BCUT2D eigenvalue weighted by Crippen LogP contribution is 2.20. The SMILES string of the molecule is Cc1ccccc1CS(=O)(=O)N1CCCN(C(=O)C(C)(C)C)CC1. The lowest BCUT2D eigenvalue weighted by Crippen LogP contribution is -2.42. The van der Waals surface area contributed by atoms with E-state index >= 15 is 0 Å². The zero-order valence-corrected chi connectivity index (χ0v) is 15.9. The van der Waals surface area contributed by atoms with Gasteiger partial charge in [0.2, 0.25) is 15.9 Å². The molecule has 1 aromatic rings. The summed E-state index contributed by atoms with van der Waals surface area (Å²) < 4.78 is 27.0. The van der Waals surface area contributed by atoms with Gasteiger partial charge >= 0.3 is 0 Å². The van der Waals surface area contributed by atoms with E-state index in [0.717, 1.165) is 11.1 Å². The Kier molecular flexibility index (Phi) is 5.71. The highest BCUT2D eigenvalue weighted by molar-refractivity contribution is 7.88. The van der Waals surface area contributed by atoms with Crippen LogP contribution in [0.15, 0.2) is 24.3 Å². The van der Waals surface area contributed by atoms with Gasteiger partial charge in [0, 0.05) is 31.6 Å². The summed E-state index contributed by atoms with van der Waals surface area (Å²) in [6.45, 7) is 9.54. The topological polar surface area (TPSA) is 57.7 Å². The minimum absolute atomic E-state index is 0.0207. The van der Waals surface area contributed by atoms with Gasteiger partial charge in [-0.15, -0.1) is 0 Å². The molecule has 1 amide bonds. The quantitative estimate of drug-likeness (QED) is 0.839. The van der Waals surface area contributed by atoms with Gasteiger partial charge in [0.05, 0.1) is 5.75 Å². The van der Waals surface area contributed by atoms with Crippen molar-refractivity contribution >= 4 is 15.9 Å². The summed E-state index contributed by atoms with van der Waals surface area (Å²) in [4.78, 5) is 14.2. The number of hydrogen-bond acceptors (Lipinski definition) is 3. The number of sulfonamides is 1. The van der Waals surface area contributed by atoms with E-state index < -0.39 is 15.4 Å². The van der Waals surface area contributed by atoms with Crippen molar-refractivity contribution < 1.29 is 13.2 Å². The summed E-state index contributed by atoms with van der Waals surface area (Å²) in [7, 11) is -3.37. The molecule has 1 saturated heterocycles. The average molecular weight is 353 g/mol. The van der Waals surface area contributed by atoms with Crippen LogP contribution >= 0.6 is 0 Å². The summed E-state index contributed by atoms with van der Waals surface area (Å²) in [5.41, 5.74) is 1.39. The van der Waals surface area contributed by atoms with Crippen LogP contribution in [0.5, 0.6) is 0 Å². The van der Waals surface area contributed by atoms with Crippen LogP contribution in [0.2, 0.25) is 0 Å². The number of amides is 1. The zero-order chi connectivity index (χ0) is 18.0. The van der Waals surface area contributed by atoms with E-state index in [9.17, 15) is 13.2 Å². The molecule has 0 bridgehead atoms. The van der Waals surface area contributed by atoms with Crippen LogP contribution in [0, 0.1) is 12.3 Å². The Bertz CT molecular complexity index is 692. The average Bonchev–Trinajstić information content (AvgIpc) is 2.74. The van der Waals surface area contributed by atoms with Crippen molar-refractivity contribution in [2.75, 3.05) is 26.2 Å². The van der Waals surface area contributed by atoms with Gasteiger partial charge in [0.1, 0.15) is 0 Å². The Labute approximate surface area is 145 Å². The van der Waals surface area contributed by atoms with E-state index in [1.54, 1.807) is 4.90 Å². The second-order valence-electron chi connectivity index (χ2n) is 7.48. The fraction of sp³-hybridized carbons (Fsp3) is 0.611. The molecule has 0 radical (unpaired) electrons. The van der Waals surface area contributed by atoms with Gasteiger partial charge in [-0.25, -0.2) is 8.42 Å². The normalized spacial score (nSPS) is 17.6. The van der Waals surface area contributed by atoms with Crippen molar-refractivity contribution in [3.8, 4) is 0 Å². The molecular weight excluding hydrogens is 324 g/mol. The Morgan fingerprint density at radius 1 is 1.08 bits per heavy atom. The minimum atomic E-state index is -3.37. The van der Waals surface area contributed by atoms with E-state index in [4.69, 9.17) is 0 Å². The van der Waals surface area contributed by atoms with Gasteiger partial charge in [0.25, 0.3) is 0 Å². The van der Waals surface area contributed by atoms with E-state index in [0.29, 0.717) is 32.6 Å². The smallest absolute Gasteiger partial charge is 0.227 e. The number of rotatable bonds is 3. The monoisotopic (exact) mass is 352 g/mol. The molecule has 0 saturated carbocycles. The zero-order valence-electron chi connectivity index (χ0n) is 15.1. The summed E-state index contributed by atoms with van der Waals surface area (Å²) in [6, 6.07) is 7.56. The fourth-order valence-corrected chi connectivity index (χ4v) is 4.58. The van der Waals surface area contributed by atoms with Crippen molar-refractivity contribution in [1.29, 1.82) is 0 Å². The first-order valence-corrected chi connectivity index (χ1v) is 10.0. The molecule has 0 spiro atoms. The van der Waals surface area contributed by atoms with Crippen LogP contribution in [0.1, 0.15) is 38.3 Å². The number of carbonyl (C=O) groups is 1. The molecule has 0 aliphatic carbocycles. The highest BCUT2D eigenvalue weighted by atomic mass is 32.2. The molecule has 1 aliphatic rings. The molecule has 1 aliphatic heterocycles. The van der Waals surface area contributed by atoms with Crippen LogP contribution in [0.25, 0.3) is 0 Å². The summed E-state index contributed by atoms with van der Waals surface area (Å²) >= 11 is 0. The highest BCUT2D eigenvalue weighted by Gasteiger charge is 2.31. The maximum atomic E-state index is 12.8. The molecular formula is C18H28N2O3S. The first kappa shape index (κ1) is 18.9. The van der Waals surface area contributed by atoms with Crippen molar-refractivity contribution in [1.82, 2.24) is 9.21 Å². The molecule has 0 aromatic heterocycles. The lowest BCUT2D eigenvalue weighted by Gasteiger charge is -2.28. The van der Waals surface area contributed by atoms with Crippen molar-refractivity contribution in [3.63, 3.8) is 0 Å². The second kappa shape index (κ2) is 7.23. The van der Waals surface area contributed by atoms with Crippen molar-refractivity contribution in [2.24, 2.45) is 5.41 Å². The number of hydrogen-bond donors (Lipinski definition) is 0. The summed E-state index contributed by atoms with van der Waals surface area (Å²) in [6.07, 6.45) is 0.675. The third-order valence-corrected chi connectivity index (χ3v) is 6.20. The predicted molar refractivity (Wildman–Crippen MR) is 96.0 cm³/mol. The number of benzene rings is 1. The third-order valence-electron chi connectivity index (χ3n) is 4.38. The van der Waals surface area contributed by atoms with Crippen LogP contribution in [-0.2, 0) is 20.6 Å². The van der Waals surface area contributed by atoms with E-state index in [-0.39, 0.29) is 11.7 Å². The second-order valence-corrected chi connectivity index (χ2v) is 9.45. The lowest BCUT2D eigenvalue weighted by atomic mass is 9.94. The largest absolute Gasteiger partial charge is 0.341 e. The van der Waals surface area contributed by atoms with Gasteiger partial charge in [0.15, 0.2) is 0 Å². The van der Waals surface area contributed by atoms with E-state index in [1.165, 1.54) is 4.31 Å². The van der Waals surface area contributed by atoms with Crippen LogP contribution in [-0.4, -0.2) is 49.7 Å². The maximum Gasteiger partial charge on any atom is 0.227 e. The first-order chi connectivity index (χ1) is 11.1. The minimum Gasteiger partial charge on any atom is -0.341 e. The summed E-state index contributed by atoms with van der Waals surface area (Å²) in [5.74, 6) is 0.105. The summed E-state index contributed by atoms with van der Waals surface area (Å²) in [5, 5.41) is 0. The molecule has 2 rings (SSSR count). The Hall–Kier alpha value is -1.40. The number of aryl methyl sites for hydroxylation is 1. The van der Waals surface area contributed by atoms with E-state index in [2.05, 4.69) is 0 Å². The molecule has 24 heavy (non-hydrogen) atoms. The lowest BCUT2D eigenvalue weighted by molar-refractivity contribution is -0.139. The van der Waals surface area contributed by atoms with Crippen molar-refractivity contribution in [2.45, 2.75) is 39.9 Å². The molecule has 1 heterocycles. The maximum absolute atomic E-state index is 12.8. The van der Waals surface area contributed by atoms with Gasteiger partial charge in [-0.2, -0.15) is 4.31 Å². The molecule has 134 valence electrons. The van der Waals surface area contributed by atoms with Gasteiger partial charge in [-0.05, 0) is 24.5 Å².